The summed E-state index contributed by atoms with van der Waals surface area (Å²) in [6, 6.07) is 3.13. The molecule has 1 aromatic rings. The average Bonchev–Trinajstić information content (AvgIpc) is 2.03. The lowest BCUT2D eigenvalue weighted by Crippen LogP contribution is -1.96. The van der Waals surface area contributed by atoms with E-state index >= 15 is 0 Å². The average molecular weight is 153 g/mol. The van der Waals surface area contributed by atoms with Gasteiger partial charge in [0.25, 0.3) is 5.95 Å². The molecule has 0 aromatic carbocycles. The van der Waals surface area contributed by atoms with Crippen LogP contribution in [0, 0.1) is 5.95 Å². The Morgan fingerprint density at radius 1 is 1.73 bits per heavy atom. The minimum atomic E-state index is -0.589. The summed E-state index contributed by atoms with van der Waals surface area (Å²) in [5.41, 5.74) is 0. The van der Waals surface area contributed by atoms with Gasteiger partial charge < -0.3 is 4.74 Å². The molecule has 1 aromatic heterocycles. The van der Waals surface area contributed by atoms with E-state index in [0.717, 1.165) is 0 Å². The summed E-state index contributed by atoms with van der Waals surface area (Å²) < 4.78 is 17.6. The van der Waals surface area contributed by atoms with E-state index in [1.54, 1.807) is 12.1 Å². The molecule has 0 amide bonds. The summed E-state index contributed by atoms with van der Waals surface area (Å²) in [4.78, 5) is 3.41. The lowest BCUT2D eigenvalue weighted by molar-refractivity contribution is 0.335. The number of ether oxygens (including phenoxy) is 1. The van der Waals surface area contributed by atoms with E-state index < -0.39 is 5.95 Å². The highest BCUT2D eigenvalue weighted by Crippen LogP contribution is 2.12. The van der Waals surface area contributed by atoms with Crippen LogP contribution in [0.15, 0.2) is 31.0 Å². The monoisotopic (exact) mass is 153 g/mol. The molecule has 58 valence electrons. The van der Waals surface area contributed by atoms with E-state index in [1.165, 1.54) is 12.3 Å². The fourth-order valence-electron chi connectivity index (χ4n) is 0.628. The molecular weight excluding hydrogens is 145 g/mol. The van der Waals surface area contributed by atoms with Gasteiger partial charge in [-0.3, -0.25) is 0 Å². The lowest BCUT2D eigenvalue weighted by atomic mass is 10.4. The molecule has 0 aliphatic heterocycles. The van der Waals surface area contributed by atoms with Crippen molar-refractivity contribution in [2.24, 2.45) is 0 Å². The molecule has 0 saturated carbocycles. The van der Waals surface area contributed by atoms with Crippen LogP contribution in [-0.2, 0) is 0 Å². The Labute approximate surface area is 64.3 Å². The van der Waals surface area contributed by atoms with Crippen LogP contribution in [0.4, 0.5) is 4.39 Å². The van der Waals surface area contributed by atoms with Crippen molar-refractivity contribution < 1.29 is 9.13 Å². The van der Waals surface area contributed by atoms with Crippen molar-refractivity contribution >= 4 is 0 Å². The SMILES string of the molecule is C=CCOc1cccnc1F. The molecule has 1 heterocycles. The Balaban J connectivity index is 2.69. The van der Waals surface area contributed by atoms with Crippen LogP contribution >= 0.6 is 0 Å². The van der Waals surface area contributed by atoms with Crippen LogP contribution in [0.3, 0.4) is 0 Å². The summed E-state index contributed by atoms with van der Waals surface area (Å²) in [7, 11) is 0. The van der Waals surface area contributed by atoms with E-state index in [2.05, 4.69) is 11.6 Å². The molecule has 0 fully saturated rings. The van der Waals surface area contributed by atoms with Crippen molar-refractivity contribution in [3.8, 4) is 5.75 Å². The van der Waals surface area contributed by atoms with Crippen LogP contribution in [0.1, 0.15) is 0 Å². The van der Waals surface area contributed by atoms with Gasteiger partial charge in [-0.05, 0) is 12.1 Å². The highest BCUT2D eigenvalue weighted by molar-refractivity contribution is 5.17. The molecule has 2 nitrogen and oxygen atoms in total. The van der Waals surface area contributed by atoms with Crippen molar-refractivity contribution in [3.63, 3.8) is 0 Å². The van der Waals surface area contributed by atoms with Crippen molar-refractivity contribution in [1.82, 2.24) is 4.98 Å². The molecule has 0 radical (unpaired) electrons. The number of nitrogens with zero attached hydrogens (tertiary/aromatic N) is 1. The van der Waals surface area contributed by atoms with E-state index in [0.29, 0.717) is 6.61 Å². The Morgan fingerprint density at radius 2 is 2.55 bits per heavy atom. The number of rotatable bonds is 3. The predicted octanol–water partition coefficient (Wildman–Crippen LogP) is 1.79. The second kappa shape index (κ2) is 3.71. The number of aromatic nitrogens is 1. The Kier molecular flexibility index (Phi) is 2.60. The first-order valence-electron chi connectivity index (χ1n) is 3.19. The minimum absolute atomic E-state index is 0.160. The molecule has 11 heavy (non-hydrogen) atoms. The van der Waals surface area contributed by atoms with Crippen molar-refractivity contribution in [1.29, 1.82) is 0 Å². The highest BCUT2D eigenvalue weighted by atomic mass is 19.1. The third-order valence-electron chi connectivity index (χ3n) is 1.08. The minimum Gasteiger partial charge on any atom is -0.485 e. The van der Waals surface area contributed by atoms with Crippen LogP contribution in [-0.4, -0.2) is 11.6 Å². The Bertz CT molecular complexity index is 250. The number of halogens is 1. The molecule has 0 bridgehead atoms. The zero-order chi connectivity index (χ0) is 8.10. The quantitative estimate of drug-likeness (QED) is 0.487. The number of pyridine rings is 1. The van der Waals surface area contributed by atoms with Crippen molar-refractivity contribution in [2.45, 2.75) is 0 Å². The molecular formula is C8H8FNO. The molecule has 0 N–H and O–H groups in total. The van der Waals surface area contributed by atoms with E-state index in [9.17, 15) is 4.39 Å². The Hall–Kier alpha value is -1.38. The van der Waals surface area contributed by atoms with Gasteiger partial charge in [0.15, 0.2) is 5.75 Å². The van der Waals surface area contributed by atoms with E-state index in [-0.39, 0.29) is 5.75 Å². The summed E-state index contributed by atoms with van der Waals surface area (Å²) >= 11 is 0. The van der Waals surface area contributed by atoms with Crippen LogP contribution in [0.5, 0.6) is 5.75 Å². The summed E-state index contributed by atoms with van der Waals surface area (Å²) in [5.74, 6) is -0.429. The number of hydrogen-bond acceptors (Lipinski definition) is 2. The van der Waals surface area contributed by atoms with Gasteiger partial charge in [-0.2, -0.15) is 4.39 Å². The van der Waals surface area contributed by atoms with Gasteiger partial charge in [-0.15, -0.1) is 0 Å². The fraction of sp³-hybridized carbons (Fsp3) is 0.125. The molecule has 0 saturated heterocycles. The fourth-order valence-corrected chi connectivity index (χ4v) is 0.628. The van der Waals surface area contributed by atoms with E-state index in [1.807, 2.05) is 0 Å². The van der Waals surface area contributed by atoms with Gasteiger partial charge in [-0.25, -0.2) is 4.98 Å². The van der Waals surface area contributed by atoms with Crippen LogP contribution in [0.25, 0.3) is 0 Å². The maximum atomic E-state index is 12.6. The van der Waals surface area contributed by atoms with E-state index in [4.69, 9.17) is 4.74 Å². The molecule has 1 rings (SSSR count). The molecule has 3 heteroatoms. The molecule has 0 atom stereocenters. The lowest BCUT2D eigenvalue weighted by Gasteiger charge is -2.01. The molecule has 0 spiro atoms. The van der Waals surface area contributed by atoms with Gasteiger partial charge >= 0.3 is 0 Å². The van der Waals surface area contributed by atoms with Gasteiger partial charge in [0.2, 0.25) is 0 Å². The molecule has 0 aliphatic carbocycles. The number of hydrogen-bond donors (Lipinski definition) is 0. The van der Waals surface area contributed by atoms with Gasteiger partial charge in [-0.1, -0.05) is 12.7 Å². The summed E-state index contributed by atoms with van der Waals surface area (Å²) in [6.07, 6.45) is 2.92. The maximum absolute atomic E-state index is 12.6. The van der Waals surface area contributed by atoms with Crippen LogP contribution in [0.2, 0.25) is 0 Å². The largest absolute Gasteiger partial charge is 0.485 e. The summed E-state index contributed by atoms with van der Waals surface area (Å²) in [5, 5.41) is 0. The van der Waals surface area contributed by atoms with Gasteiger partial charge in [0, 0.05) is 6.20 Å². The maximum Gasteiger partial charge on any atom is 0.255 e. The smallest absolute Gasteiger partial charge is 0.255 e. The highest BCUT2D eigenvalue weighted by Gasteiger charge is 1.99. The third-order valence-corrected chi connectivity index (χ3v) is 1.08. The molecule has 0 aliphatic rings. The van der Waals surface area contributed by atoms with Crippen molar-refractivity contribution in [2.75, 3.05) is 6.61 Å². The standard InChI is InChI=1S/C8H8FNO/c1-2-6-11-7-4-3-5-10-8(7)9/h2-5H,1,6H2. The van der Waals surface area contributed by atoms with Crippen molar-refractivity contribution in [3.05, 3.63) is 36.9 Å². The predicted molar refractivity (Wildman–Crippen MR) is 39.9 cm³/mol. The zero-order valence-corrected chi connectivity index (χ0v) is 5.96. The van der Waals surface area contributed by atoms with Gasteiger partial charge in [0.05, 0.1) is 0 Å². The first-order valence-corrected chi connectivity index (χ1v) is 3.19. The zero-order valence-electron chi connectivity index (χ0n) is 5.96. The molecule has 0 unspecified atom stereocenters. The topological polar surface area (TPSA) is 22.1 Å². The third kappa shape index (κ3) is 2.04. The first kappa shape index (κ1) is 7.72. The van der Waals surface area contributed by atoms with Gasteiger partial charge in [0.1, 0.15) is 6.61 Å². The second-order valence-electron chi connectivity index (χ2n) is 1.89. The summed E-state index contributed by atoms with van der Waals surface area (Å²) in [6.45, 7) is 3.73. The normalized spacial score (nSPS) is 9.18. The first-order chi connectivity index (χ1) is 5.34. The Morgan fingerprint density at radius 3 is 3.18 bits per heavy atom. The van der Waals surface area contributed by atoms with Crippen LogP contribution < -0.4 is 4.74 Å². The second-order valence-corrected chi connectivity index (χ2v) is 1.89.